The molecule has 1 aliphatic heterocycles. The fourth-order valence-corrected chi connectivity index (χ4v) is 3.00. The monoisotopic (exact) mass is 362 g/mol. The number of carboxylic acids is 1. The lowest BCUT2D eigenvalue weighted by Gasteiger charge is -2.39. The summed E-state index contributed by atoms with van der Waals surface area (Å²) in [6.07, 6.45) is 1.68. The van der Waals surface area contributed by atoms with Gasteiger partial charge in [-0.2, -0.15) is 0 Å². The zero-order valence-electron chi connectivity index (χ0n) is 15.7. The second-order valence-electron chi connectivity index (χ2n) is 6.87. The first kappa shape index (κ1) is 19.8. The van der Waals surface area contributed by atoms with Crippen LogP contribution in [-0.2, 0) is 9.59 Å². The molecule has 0 radical (unpaired) electrons. The first-order valence-electron chi connectivity index (χ1n) is 8.87. The average Bonchev–Trinajstić information content (AvgIpc) is 2.57. The van der Waals surface area contributed by atoms with Crippen LogP contribution in [0.4, 0.5) is 5.69 Å². The molecule has 0 saturated carbocycles. The van der Waals surface area contributed by atoms with Crippen LogP contribution in [0.3, 0.4) is 0 Å². The van der Waals surface area contributed by atoms with Crippen LogP contribution in [0.2, 0.25) is 0 Å². The summed E-state index contributed by atoms with van der Waals surface area (Å²) in [4.78, 5) is 39.9. The summed E-state index contributed by atoms with van der Waals surface area (Å²) in [5.41, 5.74) is -0.690. The summed E-state index contributed by atoms with van der Waals surface area (Å²) in [5.74, 6) is -1.24. The summed E-state index contributed by atoms with van der Waals surface area (Å²) in [5, 5.41) is 9.17. The fraction of sp³-hybridized carbons (Fsp3) is 0.526. The number of carbonyl (C=O) groups excluding carboxylic acids is 2. The molecule has 7 heteroatoms. The van der Waals surface area contributed by atoms with E-state index >= 15 is 0 Å². The Balaban J connectivity index is 2.36. The maximum absolute atomic E-state index is 12.8. The minimum atomic E-state index is -1.18. The smallest absolute Gasteiger partial charge is 0.335 e. The first-order valence-corrected chi connectivity index (χ1v) is 8.87. The van der Waals surface area contributed by atoms with Crippen LogP contribution in [0.5, 0.6) is 5.75 Å². The molecule has 0 fully saturated rings. The van der Waals surface area contributed by atoms with E-state index in [1.165, 1.54) is 23.1 Å². The lowest BCUT2D eigenvalue weighted by molar-refractivity contribution is -0.136. The SMILES string of the molecule is CCCN(CCC)C(=O)CN1C(=O)C(C)(C)Oc2cc(C(=O)O)ccc21. The molecule has 0 bridgehead atoms. The van der Waals surface area contributed by atoms with Gasteiger partial charge in [-0.05, 0) is 44.9 Å². The predicted octanol–water partition coefficient (Wildman–Crippen LogP) is 2.54. The van der Waals surface area contributed by atoms with Gasteiger partial charge in [0, 0.05) is 13.1 Å². The van der Waals surface area contributed by atoms with E-state index in [-0.39, 0.29) is 23.9 Å². The molecule has 1 aromatic carbocycles. The lowest BCUT2D eigenvalue weighted by Crippen LogP contribution is -2.55. The molecule has 2 amide bonds. The van der Waals surface area contributed by atoms with Crippen LogP contribution < -0.4 is 9.64 Å². The molecule has 1 aliphatic rings. The van der Waals surface area contributed by atoms with Gasteiger partial charge in [-0.25, -0.2) is 4.79 Å². The first-order chi connectivity index (χ1) is 12.2. The van der Waals surface area contributed by atoms with Gasteiger partial charge in [-0.15, -0.1) is 0 Å². The number of amides is 2. The Morgan fingerprint density at radius 3 is 2.35 bits per heavy atom. The maximum atomic E-state index is 12.8. The minimum Gasteiger partial charge on any atom is -0.478 e. The minimum absolute atomic E-state index is 0.0683. The normalized spacial score (nSPS) is 15.2. The third kappa shape index (κ3) is 3.98. The predicted molar refractivity (Wildman–Crippen MR) is 97.6 cm³/mol. The molecule has 0 atom stereocenters. The molecule has 1 heterocycles. The van der Waals surface area contributed by atoms with E-state index in [0.29, 0.717) is 24.5 Å². The molecule has 0 aliphatic carbocycles. The van der Waals surface area contributed by atoms with E-state index in [1.54, 1.807) is 18.7 Å². The highest BCUT2D eigenvalue weighted by Gasteiger charge is 2.42. The van der Waals surface area contributed by atoms with E-state index in [4.69, 9.17) is 4.74 Å². The molecule has 0 unspecified atom stereocenters. The molecule has 26 heavy (non-hydrogen) atoms. The van der Waals surface area contributed by atoms with Crippen LogP contribution in [0.1, 0.15) is 50.9 Å². The van der Waals surface area contributed by atoms with Gasteiger partial charge in [-0.3, -0.25) is 14.5 Å². The largest absolute Gasteiger partial charge is 0.478 e. The second kappa shape index (κ2) is 7.76. The van der Waals surface area contributed by atoms with Gasteiger partial charge in [0.2, 0.25) is 5.91 Å². The van der Waals surface area contributed by atoms with E-state index in [0.717, 1.165) is 12.8 Å². The van der Waals surface area contributed by atoms with Gasteiger partial charge in [-0.1, -0.05) is 13.8 Å². The molecule has 0 spiro atoms. The Morgan fingerprint density at radius 2 is 1.81 bits per heavy atom. The molecule has 1 aromatic rings. The summed E-state index contributed by atoms with van der Waals surface area (Å²) in [7, 11) is 0. The average molecular weight is 362 g/mol. The number of benzene rings is 1. The molecule has 0 saturated heterocycles. The number of rotatable bonds is 7. The number of nitrogens with zero attached hydrogens (tertiary/aromatic N) is 2. The number of anilines is 1. The zero-order chi connectivity index (χ0) is 19.5. The lowest BCUT2D eigenvalue weighted by atomic mass is 10.0. The molecular weight excluding hydrogens is 336 g/mol. The highest BCUT2D eigenvalue weighted by molar-refractivity contribution is 6.06. The number of ether oxygens (including phenoxy) is 1. The highest BCUT2D eigenvalue weighted by atomic mass is 16.5. The van der Waals surface area contributed by atoms with Gasteiger partial charge in [0.15, 0.2) is 5.60 Å². The van der Waals surface area contributed by atoms with E-state index in [9.17, 15) is 19.5 Å². The Labute approximate surface area is 153 Å². The molecule has 7 nitrogen and oxygen atoms in total. The van der Waals surface area contributed by atoms with Crippen molar-refractivity contribution in [3.63, 3.8) is 0 Å². The number of hydrogen-bond donors (Lipinski definition) is 1. The van der Waals surface area contributed by atoms with Crippen molar-refractivity contribution in [3.8, 4) is 5.75 Å². The molecule has 0 aromatic heterocycles. The zero-order valence-corrected chi connectivity index (χ0v) is 15.7. The van der Waals surface area contributed by atoms with Gasteiger partial charge >= 0.3 is 5.97 Å². The molecule has 142 valence electrons. The summed E-state index contributed by atoms with van der Waals surface area (Å²) in [6.45, 7) is 8.41. The van der Waals surface area contributed by atoms with Gasteiger partial charge < -0.3 is 14.7 Å². The van der Waals surface area contributed by atoms with Crippen molar-refractivity contribution < 1.29 is 24.2 Å². The van der Waals surface area contributed by atoms with Gasteiger partial charge in [0.05, 0.1) is 11.3 Å². The standard InChI is InChI=1S/C19H26N2O5/c1-5-9-20(10-6-2)16(22)12-21-14-8-7-13(17(23)24)11-15(14)26-19(3,4)18(21)25/h7-8,11H,5-6,9-10,12H2,1-4H3,(H,23,24). The van der Waals surface area contributed by atoms with Gasteiger partial charge in [0.1, 0.15) is 12.3 Å². The van der Waals surface area contributed by atoms with Crippen LogP contribution in [-0.4, -0.2) is 53.0 Å². The van der Waals surface area contributed by atoms with Crippen LogP contribution in [0, 0.1) is 0 Å². The number of carbonyl (C=O) groups is 3. The number of hydrogen-bond acceptors (Lipinski definition) is 4. The fourth-order valence-electron chi connectivity index (χ4n) is 3.00. The van der Waals surface area contributed by atoms with E-state index < -0.39 is 11.6 Å². The van der Waals surface area contributed by atoms with E-state index in [1.807, 2.05) is 13.8 Å². The third-order valence-corrected chi connectivity index (χ3v) is 4.26. The van der Waals surface area contributed by atoms with Crippen molar-refractivity contribution in [1.29, 1.82) is 0 Å². The molecular formula is C19H26N2O5. The summed E-state index contributed by atoms with van der Waals surface area (Å²) in [6, 6.07) is 4.31. The number of fused-ring (bicyclic) bond motifs is 1. The highest BCUT2D eigenvalue weighted by Crippen LogP contribution is 2.38. The second-order valence-corrected chi connectivity index (χ2v) is 6.87. The van der Waals surface area contributed by atoms with Crippen LogP contribution in [0.15, 0.2) is 18.2 Å². The maximum Gasteiger partial charge on any atom is 0.335 e. The van der Waals surface area contributed by atoms with Crippen molar-refractivity contribution >= 4 is 23.5 Å². The van der Waals surface area contributed by atoms with Gasteiger partial charge in [0.25, 0.3) is 5.91 Å². The molecule has 2 rings (SSSR count). The molecule has 1 N–H and O–H groups in total. The van der Waals surface area contributed by atoms with Crippen molar-refractivity contribution in [1.82, 2.24) is 4.90 Å². The Morgan fingerprint density at radius 1 is 1.19 bits per heavy atom. The number of carboxylic acid groups (broad SMARTS) is 1. The quantitative estimate of drug-likeness (QED) is 0.805. The Hall–Kier alpha value is -2.57. The third-order valence-electron chi connectivity index (χ3n) is 4.26. The van der Waals surface area contributed by atoms with Crippen molar-refractivity contribution in [2.24, 2.45) is 0 Å². The van der Waals surface area contributed by atoms with Crippen molar-refractivity contribution in [2.45, 2.75) is 46.1 Å². The summed E-state index contributed by atoms with van der Waals surface area (Å²) < 4.78 is 5.71. The topological polar surface area (TPSA) is 87.2 Å². The van der Waals surface area contributed by atoms with Crippen molar-refractivity contribution in [3.05, 3.63) is 23.8 Å². The van der Waals surface area contributed by atoms with E-state index in [2.05, 4.69) is 0 Å². The Kier molecular flexibility index (Phi) is 5.90. The number of aromatic carboxylic acids is 1. The van der Waals surface area contributed by atoms with Crippen molar-refractivity contribution in [2.75, 3.05) is 24.5 Å². The van der Waals surface area contributed by atoms with Crippen LogP contribution in [0.25, 0.3) is 0 Å². The van der Waals surface area contributed by atoms with Crippen LogP contribution >= 0.6 is 0 Å². The summed E-state index contributed by atoms with van der Waals surface area (Å²) >= 11 is 0. The Bertz CT molecular complexity index is 708.